The second-order valence-corrected chi connectivity index (χ2v) is 6.83. The molecule has 0 saturated carbocycles. The highest BCUT2D eigenvalue weighted by Crippen LogP contribution is 2.16. The average Bonchev–Trinajstić information content (AvgIpc) is 3.00. The molecular formula is C17H18ClNO4S. The van der Waals surface area contributed by atoms with E-state index in [0.717, 1.165) is 4.88 Å². The topological polar surface area (TPSA) is 55.8 Å². The van der Waals surface area contributed by atoms with Gasteiger partial charge in [0.1, 0.15) is 17.2 Å². The van der Waals surface area contributed by atoms with Crippen LogP contribution in [0.25, 0.3) is 0 Å². The molecule has 0 bridgehead atoms. The van der Waals surface area contributed by atoms with Crippen LogP contribution in [0.15, 0.2) is 36.4 Å². The van der Waals surface area contributed by atoms with Gasteiger partial charge in [-0.2, -0.15) is 0 Å². The summed E-state index contributed by atoms with van der Waals surface area (Å²) in [6.07, 6.45) is 0. The quantitative estimate of drug-likeness (QED) is 0.704. The zero-order chi connectivity index (χ0) is 17.5. The van der Waals surface area contributed by atoms with E-state index in [4.69, 9.17) is 21.1 Å². The number of esters is 1. The minimum absolute atomic E-state index is 0.281. The van der Waals surface area contributed by atoms with Gasteiger partial charge in [-0.15, -0.1) is 11.3 Å². The number of rotatable bonds is 7. The number of hydrogen-bond acceptors (Lipinski definition) is 5. The van der Waals surface area contributed by atoms with E-state index in [-0.39, 0.29) is 12.5 Å². The highest BCUT2D eigenvalue weighted by atomic mass is 35.5. The number of thiophene rings is 1. The van der Waals surface area contributed by atoms with Crippen LogP contribution in [0.3, 0.4) is 0 Å². The van der Waals surface area contributed by atoms with Gasteiger partial charge >= 0.3 is 5.97 Å². The van der Waals surface area contributed by atoms with Crippen molar-refractivity contribution in [2.45, 2.75) is 6.92 Å². The highest BCUT2D eigenvalue weighted by Gasteiger charge is 2.14. The standard InChI is InChI=1S/C17H18ClNO4S/c1-12-3-8-15(24-12)17(21)23-11-16(20)19(2)9-10-22-14-6-4-13(18)5-7-14/h3-8H,9-11H2,1-2H3. The fraction of sp³-hybridized carbons (Fsp3) is 0.294. The van der Waals surface area contributed by atoms with Crippen molar-refractivity contribution in [3.05, 3.63) is 51.2 Å². The van der Waals surface area contributed by atoms with E-state index >= 15 is 0 Å². The minimum atomic E-state index is -0.479. The van der Waals surface area contributed by atoms with Crippen molar-refractivity contribution in [2.75, 3.05) is 26.8 Å². The Hall–Kier alpha value is -2.05. The van der Waals surface area contributed by atoms with Crippen molar-refractivity contribution in [2.24, 2.45) is 0 Å². The maximum atomic E-state index is 12.0. The molecule has 1 amide bonds. The molecule has 7 heteroatoms. The third kappa shape index (κ3) is 5.54. The Bertz CT molecular complexity index is 699. The number of hydrogen-bond donors (Lipinski definition) is 0. The van der Waals surface area contributed by atoms with Crippen LogP contribution in [0.1, 0.15) is 14.5 Å². The van der Waals surface area contributed by atoms with Crippen LogP contribution in [-0.2, 0) is 9.53 Å². The molecule has 5 nitrogen and oxygen atoms in total. The predicted molar refractivity (Wildman–Crippen MR) is 93.9 cm³/mol. The lowest BCUT2D eigenvalue weighted by Crippen LogP contribution is -2.34. The smallest absolute Gasteiger partial charge is 0.348 e. The van der Waals surface area contributed by atoms with E-state index in [1.54, 1.807) is 37.4 Å². The summed E-state index contributed by atoms with van der Waals surface area (Å²) < 4.78 is 10.5. The first-order chi connectivity index (χ1) is 11.5. The second kappa shape index (κ2) is 8.70. The van der Waals surface area contributed by atoms with Crippen molar-refractivity contribution in [3.63, 3.8) is 0 Å². The molecule has 2 rings (SSSR count). The lowest BCUT2D eigenvalue weighted by molar-refractivity contribution is -0.133. The number of ether oxygens (including phenoxy) is 2. The monoisotopic (exact) mass is 367 g/mol. The minimum Gasteiger partial charge on any atom is -0.492 e. The number of halogens is 1. The first-order valence-corrected chi connectivity index (χ1v) is 8.51. The molecule has 1 aromatic carbocycles. The number of amides is 1. The Morgan fingerprint density at radius 3 is 2.50 bits per heavy atom. The number of carbonyl (C=O) groups is 2. The SMILES string of the molecule is Cc1ccc(C(=O)OCC(=O)N(C)CCOc2ccc(Cl)cc2)s1. The van der Waals surface area contributed by atoms with Crippen LogP contribution in [0, 0.1) is 6.92 Å². The third-order valence-electron chi connectivity index (χ3n) is 3.20. The fourth-order valence-electron chi connectivity index (χ4n) is 1.81. The van der Waals surface area contributed by atoms with Crippen LogP contribution in [0.2, 0.25) is 5.02 Å². The molecule has 0 saturated heterocycles. The first-order valence-electron chi connectivity index (χ1n) is 7.31. The van der Waals surface area contributed by atoms with Gasteiger partial charge in [0.05, 0.1) is 6.54 Å². The maximum absolute atomic E-state index is 12.0. The number of aryl methyl sites for hydroxylation is 1. The molecule has 0 atom stereocenters. The van der Waals surface area contributed by atoms with Crippen molar-refractivity contribution in [3.8, 4) is 5.75 Å². The van der Waals surface area contributed by atoms with Gasteiger partial charge in [-0.1, -0.05) is 11.6 Å². The molecule has 0 spiro atoms. The zero-order valence-electron chi connectivity index (χ0n) is 13.5. The Balaban J connectivity index is 1.70. The van der Waals surface area contributed by atoms with Gasteiger partial charge in [0.25, 0.3) is 5.91 Å². The average molecular weight is 368 g/mol. The molecular weight excluding hydrogens is 350 g/mol. The highest BCUT2D eigenvalue weighted by molar-refractivity contribution is 7.13. The van der Waals surface area contributed by atoms with E-state index in [2.05, 4.69) is 0 Å². The summed E-state index contributed by atoms with van der Waals surface area (Å²) in [5.74, 6) is -0.0802. The molecule has 0 aliphatic carbocycles. The van der Waals surface area contributed by atoms with E-state index in [9.17, 15) is 9.59 Å². The molecule has 0 radical (unpaired) electrons. The Labute approximate surface area is 149 Å². The molecule has 0 aliphatic rings. The van der Waals surface area contributed by atoms with Gasteiger partial charge in [-0.3, -0.25) is 4.79 Å². The summed E-state index contributed by atoms with van der Waals surface area (Å²) in [5.41, 5.74) is 0. The van der Waals surface area contributed by atoms with Crippen molar-refractivity contribution in [1.29, 1.82) is 0 Å². The predicted octanol–water partition coefficient (Wildman–Crippen LogP) is 3.40. The van der Waals surface area contributed by atoms with Gasteiger partial charge in [-0.25, -0.2) is 4.79 Å². The van der Waals surface area contributed by atoms with Gasteiger partial charge in [0.2, 0.25) is 0 Å². The van der Waals surface area contributed by atoms with E-state index in [1.807, 2.05) is 13.0 Å². The molecule has 128 valence electrons. The first kappa shape index (κ1) is 18.3. The van der Waals surface area contributed by atoms with Crippen LogP contribution in [0.5, 0.6) is 5.75 Å². The van der Waals surface area contributed by atoms with Crippen molar-refractivity contribution >= 4 is 34.8 Å². The van der Waals surface area contributed by atoms with E-state index < -0.39 is 5.97 Å². The Morgan fingerprint density at radius 2 is 1.88 bits per heavy atom. The molecule has 1 heterocycles. The van der Waals surface area contributed by atoms with E-state index in [1.165, 1.54) is 16.2 Å². The van der Waals surface area contributed by atoms with Gasteiger partial charge in [-0.05, 0) is 43.3 Å². The van der Waals surface area contributed by atoms with Gasteiger partial charge in [0, 0.05) is 16.9 Å². The van der Waals surface area contributed by atoms with Crippen molar-refractivity contribution < 1.29 is 19.1 Å². The molecule has 24 heavy (non-hydrogen) atoms. The Morgan fingerprint density at radius 1 is 1.17 bits per heavy atom. The summed E-state index contributed by atoms with van der Waals surface area (Å²) in [4.78, 5) is 26.7. The molecule has 0 aliphatic heterocycles. The van der Waals surface area contributed by atoms with Gasteiger partial charge < -0.3 is 14.4 Å². The Kier molecular flexibility index (Phi) is 6.63. The van der Waals surface area contributed by atoms with Crippen LogP contribution < -0.4 is 4.74 Å². The summed E-state index contributed by atoms with van der Waals surface area (Å²) >= 11 is 7.13. The van der Waals surface area contributed by atoms with Gasteiger partial charge in [0.15, 0.2) is 6.61 Å². The normalized spacial score (nSPS) is 10.3. The van der Waals surface area contributed by atoms with Crippen LogP contribution >= 0.6 is 22.9 Å². The van der Waals surface area contributed by atoms with Crippen LogP contribution in [0.4, 0.5) is 0 Å². The zero-order valence-corrected chi connectivity index (χ0v) is 15.0. The second-order valence-electron chi connectivity index (χ2n) is 5.10. The molecule has 0 fully saturated rings. The summed E-state index contributed by atoms with van der Waals surface area (Å²) in [6, 6.07) is 10.5. The summed E-state index contributed by atoms with van der Waals surface area (Å²) in [6.45, 7) is 2.34. The van der Waals surface area contributed by atoms with Crippen LogP contribution in [-0.4, -0.2) is 43.6 Å². The lowest BCUT2D eigenvalue weighted by atomic mass is 10.3. The third-order valence-corrected chi connectivity index (χ3v) is 4.44. The molecule has 2 aromatic rings. The lowest BCUT2D eigenvalue weighted by Gasteiger charge is -2.17. The summed E-state index contributed by atoms with van der Waals surface area (Å²) in [5, 5.41) is 0.636. The molecule has 0 unspecified atom stereocenters. The number of likely N-dealkylation sites (N-methyl/N-ethyl adjacent to an activating group) is 1. The number of nitrogens with zero attached hydrogens (tertiary/aromatic N) is 1. The molecule has 1 aromatic heterocycles. The number of carbonyl (C=O) groups excluding carboxylic acids is 2. The largest absolute Gasteiger partial charge is 0.492 e. The maximum Gasteiger partial charge on any atom is 0.348 e. The summed E-state index contributed by atoms with van der Waals surface area (Å²) in [7, 11) is 1.64. The number of benzene rings is 1. The van der Waals surface area contributed by atoms with Crippen molar-refractivity contribution in [1.82, 2.24) is 4.90 Å². The fourth-order valence-corrected chi connectivity index (χ4v) is 2.70. The molecule has 0 N–H and O–H groups in total. The van der Waals surface area contributed by atoms with E-state index in [0.29, 0.717) is 28.8 Å².